The first-order valence-corrected chi connectivity index (χ1v) is 7.52. The van der Waals surface area contributed by atoms with Gasteiger partial charge in [-0.05, 0) is 17.7 Å². The molecule has 0 amide bonds. The first-order valence-electron chi connectivity index (χ1n) is 5.87. The SMILES string of the molecule is O=S(=O)(CC(F)(F)F)Nc1cccc(Cc2cnc[nH]2)c1. The van der Waals surface area contributed by atoms with Crippen LogP contribution in [0.3, 0.4) is 0 Å². The molecule has 2 aromatic rings. The summed E-state index contributed by atoms with van der Waals surface area (Å²) in [6, 6.07) is 6.18. The summed E-state index contributed by atoms with van der Waals surface area (Å²) < 4.78 is 61.2. The fourth-order valence-electron chi connectivity index (χ4n) is 1.78. The van der Waals surface area contributed by atoms with Gasteiger partial charge in [-0.1, -0.05) is 12.1 Å². The van der Waals surface area contributed by atoms with Crippen molar-refractivity contribution in [2.75, 3.05) is 10.5 Å². The van der Waals surface area contributed by atoms with Crippen molar-refractivity contribution in [1.82, 2.24) is 9.97 Å². The van der Waals surface area contributed by atoms with Crippen molar-refractivity contribution in [2.24, 2.45) is 0 Å². The van der Waals surface area contributed by atoms with Gasteiger partial charge in [0.05, 0.1) is 6.33 Å². The molecule has 1 aromatic heterocycles. The highest BCUT2D eigenvalue weighted by molar-refractivity contribution is 7.92. The molecule has 0 fully saturated rings. The van der Waals surface area contributed by atoms with Crippen molar-refractivity contribution >= 4 is 15.7 Å². The van der Waals surface area contributed by atoms with Crippen molar-refractivity contribution in [1.29, 1.82) is 0 Å². The zero-order valence-electron chi connectivity index (χ0n) is 10.7. The second-order valence-electron chi connectivity index (χ2n) is 4.43. The number of benzene rings is 1. The van der Waals surface area contributed by atoms with Gasteiger partial charge in [0.15, 0.2) is 5.75 Å². The Morgan fingerprint density at radius 1 is 1.29 bits per heavy atom. The number of hydrogen-bond donors (Lipinski definition) is 2. The van der Waals surface area contributed by atoms with Gasteiger partial charge >= 0.3 is 6.18 Å². The molecule has 0 bridgehead atoms. The summed E-state index contributed by atoms with van der Waals surface area (Å²) >= 11 is 0. The Hall–Kier alpha value is -2.03. The topological polar surface area (TPSA) is 74.8 Å². The molecule has 0 radical (unpaired) electrons. The minimum atomic E-state index is -4.78. The predicted molar refractivity (Wildman–Crippen MR) is 71.3 cm³/mol. The Morgan fingerprint density at radius 3 is 2.67 bits per heavy atom. The van der Waals surface area contributed by atoms with Gasteiger partial charge in [0.1, 0.15) is 0 Å². The van der Waals surface area contributed by atoms with Gasteiger partial charge in [0, 0.05) is 24.0 Å². The number of aromatic amines is 1. The molecular weight excluding hydrogens is 307 g/mol. The van der Waals surface area contributed by atoms with E-state index in [1.54, 1.807) is 18.3 Å². The molecule has 0 saturated carbocycles. The minimum absolute atomic E-state index is 0.0938. The van der Waals surface area contributed by atoms with Crippen LogP contribution in [0.2, 0.25) is 0 Å². The van der Waals surface area contributed by atoms with E-state index in [1.807, 2.05) is 4.72 Å². The summed E-state index contributed by atoms with van der Waals surface area (Å²) in [6.07, 6.45) is -1.19. The number of aromatic nitrogens is 2. The van der Waals surface area contributed by atoms with Crippen LogP contribution in [0.1, 0.15) is 11.3 Å². The fourth-order valence-corrected chi connectivity index (χ4v) is 2.77. The monoisotopic (exact) mass is 319 g/mol. The Labute approximate surface area is 119 Å². The number of imidazole rings is 1. The number of hydrogen-bond acceptors (Lipinski definition) is 3. The van der Waals surface area contributed by atoms with Gasteiger partial charge in [-0.25, -0.2) is 13.4 Å². The third-order valence-corrected chi connectivity index (χ3v) is 3.76. The number of nitrogens with one attached hydrogen (secondary N) is 2. The molecule has 21 heavy (non-hydrogen) atoms. The third kappa shape index (κ3) is 5.10. The Kier molecular flexibility index (Phi) is 4.21. The maximum absolute atomic E-state index is 12.2. The van der Waals surface area contributed by atoms with Crippen molar-refractivity contribution in [3.8, 4) is 0 Å². The van der Waals surface area contributed by atoms with Crippen molar-refractivity contribution in [3.05, 3.63) is 48.0 Å². The van der Waals surface area contributed by atoms with E-state index in [0.717, 1.165) is 11.3 Å². The van der Waals surface area contributed by atoms with E-state index < -0.39 is 22.0 Å². The predicted octanol–water partition coefficient (Wildman–Crippen LogP) is 2.30. The van der Waals surface area contributed by atoms with Crippen LogP contribution < -0.4 is 4.72 Å². The van der Waals surface area contributed by atoms with Crippen molar-refractivity contribution < 1.29 is 21.6 Å². The van der Waals surface area contributed by atoms with Crippen LogP contribution >= 0.6 is 0 Å². The van der Waals surface area contributed by atoms with E-state index in [0.29, 0.717) is 6.42 Å². The van der Waals surface area contributed by atoms with Crippen LogP contribution in [-0.2, 0) is 16.4 Å². The fraction of sp³-hybridized carbons (Fsp3) is 0.250. The van der Waals surface area contributed by atoms with Crippen LogP contribution in [-0.4, -0.2) is 30.3 Å². The number of H-pyrrole nitrogens is 1. The van der Waals surface area contributed by atoms with Crippen molar-refractivity contribution in [2.45, 2.75) is 12.6 Å². The molecule has 9 heteroatoms. The lowest BCUT2D eigenvalue weighted by molar-refractivity contribution is -0.106. The van der Waals surface area contributed by atoms with Gasteiger partial charge in [0.2, 0.25) is 10.0 Å². The number of halogens is 3. The molecular formula is C12H12F3N3O2S. The average molecular weight is 319 g/mol. The Bertz CT molecular complexity index is 697. The van der Waals surface area contributed by atoms with Crippen LogP contribution in [0.15, 0.2) is 36.8 Å². The highest BCUT2D eigenvalue weighted by atomic mass is 32.2. The maximum Gasteiger partial charge on any atom is 0.404 e. The quantitative estimate of drug-likeness (QED) is 0.888. The zero-order chi connectivity index (χ0) is 15.5. The van der Waals surface area contributed by atoms with Gasteiger partial charge in [-0.2, -0.15) is 13.2 Å². The summed E-state index contributed by atoms with van der Waals surface area (Å²) in [7, 11) is -4.47. The molecule has 114 valence electrons. The van der Waals surface area contributed by atoms with E-state index in [2.05, 4.69) is 9.97 Å². The number of rotatable bonds is 5. The van der Waals surface area contributed by atoms with Gasteiger partial charge < -0.3 is 4.98 Å². The number of alkyl halides is 3. The molecule has 0 aliphatic carbocycles. The van der Waals surface area contributed by atoms with Gasteiger partial charge in [-0.15, -0.1) is 0 Å². The molecule has 0 aliphatic rings. The Balaban J connectivity index is 2.11. The van der Waals surface area contributed by atoms with Crippen LogP contribution in [0.5, 0.6) is 0 Å². The molecule has 0 saturated heterocycles. The van der Waals surface area contributed by atoms with Crippen LogP contribution in [0, 0.1) is 0 Å². The smallest absolute Gasteiger partial charge is 0.348 e. The largest absolute Gasteiger partial charge is 0.404 e. The van der Waals surface area contributed by atoms with E-state index in [4.69, 9.17) is 0 Å². The lowest BCUT2D eigenvalue weighted by Crippen LogP contribution is -2.27. The molecule has 1 heterocycles. The number of nitrogens with zero attached hydrogens (tertiary/aromatic N) is 1. The average Bonchev–Trinajstić information content (AvgIpc) is 2.77. The van der Waals surface area contributed by atoms with Gasteiger partial charge in [0.25, 0.3) is 0 Å². The molecule has 0 spiro atoms. The van der Waals surface area contributed by atoms with Crippen LogP contribution in [0.25, 0.3) is 0 Å². The second kappa shape index (κ2) is 5.76. The summed E-state index contributed by atoms with van der Waals surface area (Å²) in [5, 5.41) is 0. The first-order chi connectivity index (χ1) is 9.73. The van der Waals surface area contributed by atoms with E-state index in [1.165, 1.54) is 18.5 Å². The molecule has 0 aliphatic heterocycles. The number of anilines is 1. The maximum atomic E-state index is 12.2. The number of sulfonamides is 1. The summed E-state index contributed by atoms with van der Waals surface area (Å²) in [4.78, 5) is 6.73. The zero-order valence-corrected chi connectivity index (χ0v) is 11.5. The molecule has 1 aromatic carbocycles. The van der Waals surface area contributed by atoms with Crippen molar-refractivity contribution in [3.63, 3.8) is 0 Å². The minimum Gasteiger partial charge on any atom is -0.348 e. The second-order valence-corrected chi connectivity index (χ2v) is 6.15. The highest BCUT2D eigenvalue weighted by Gasteiger charge is 2.35. The molecule has 0 unspecified atom stereocenters. The summed E-state index contributed by atoms with van der Waals surface area (Å²) in [6.45, 7) is 0. The van der Waals surface area contributed by atoms with E-state index >= 15 is 0 Å². The van der Waals surface area contributed by atoms with Crippen LogP contribution in [0.4, 0.5) is 18.9 Å². The standard InChI is InChI=1S/C12H12F3N3O2S/c13-12(14,15)7-21(19,20)18-10-3-1-2-9(4-10)5-11-6-16-8-17-11/h1-4,6,8,18H,5,7H2,(H,16,17). The first kappa shape index (κ1) is 15.4. The van der Waals surface area contributed by atoms with E-state index in [9.17, 15) is 21.6 Å². The third-order valence-electron chi connectivity index (χ3n) is 2.50. The molecule has 0 atom stereocenters. The Morgan fingerprint density at radius 2 is 2.05 bits per heavy atom. The molecule has 5 nitrogen and oxygen atoms in total. The summed E-state index contributed by atoms with van der Waals surface area (Å²) in [5.74, 6) is -1.91. The van der Waals surface area contributed by atoms with E-state index in [-0.39, 0.29) is 5.69 Å². The summed E-state index contributed by atoms with van der Waals surface area (Å²) in [5.41, 5.74) is 1.65. The lowest BCUT2D eigenvalue weighted by atomic mass is 10.1. The van der Waals surface area contributed by atoms with Gasteiger partial charge in [-0.3, -0.25) is 4.72 Å². The lowest BCUT2D eigenvalue weighted by Gasteiger charge is -2.11. The highest BCUT2D eigenvalue weighted by Crippen LogP contribution is 2.20. The normalized spacial score (nSPS) is 12.3. The molecule has 2 N–H and O–H groups in total. The molecule has 2 rings (SSSR count).